The summed E-state index contributed by atoms with van der Waals surface area (Å²) in [5.74, 6) is 1.12. The van der Waals surface area contributed by atoms with E-state index in [-0.39, 0.29) is 0 Å². The average Bonchev–Trinajstić information content (AvgIpc) is 2.12. The van der Waals surface area contributed by atoms with E-state index in [0.717, 1.165) is 13.1 Å². The van der Waals surface area contributed by atoms with Crippen molar-refractivity contribution in [1.82, 2.24) is 14.9 Å². The van der Waals surface area contributed by atoms with Gasteiger partial charge in [0, 0.05) is 26.2 Å². The van der Waals surface area contributed by atoms with Gasteiger partial charge in [0.05, 0.1) is 0 Å². The molecule has 2 N–H and O–H groups in total. The molecule has 0 fully saturated rings. The van der Waals surface area contributed by atoms with E-state index in [1.807, 2.05) is 26.0 Å². The summed E-state index contributed by atoms with van der Waals surface area (Å²) >= 11 is 3.29. The Bertz CT molecular complexity index is 308. The number of hydrogen-bond acceptors (Lipinski definition) is 5. The van der Waals surface area contributed by atoms with Crippen LogP contribution >= 0.6 is 15.9 Å². The predicted octanol–water partition coefficient (Wildman–Crippen LogP) is 0.819. The van der Waals surface area contributed by atoms with Crippen molar-refractivity contribution in [3.8, 4) is 0 Å². The lowest BCUT2D eigenvalue weighted by molar-refractivity contribution is 0.415. The summed E-state index contributed by atoms with van der Waals surface area (Å²) < 4.78 is 0.710. The molecule has 1 aromatic rings. The number of nitrogens with two attached hydrogens (primary N) is 1. The SMILES string of the molecule is CN(C)CCN(C)c1nc(N)cc(Br)n1. The fourth-order valence-corrected chi connectivity index (χ4v) is 1.44. The fraction of sp³-hybridized carbons (Fsp3) is 0.556. The number of likely N-dealkylation sites (N-methyl/N-ethyl adjacent to an activating group) is 2. The first-order valence-electron chi connectivity index (χ1n) is 4.65. The third-order valence-corrected chi connectivity index (χ3v) is 2.33. The van der Waals surface area contributed by atoms with Gasteiger partial charge in [-0.2, -0.15) is 4.98 Å². The Balaban J connectivity index is 2.68. The van der Waals surface area contributed by atoms with Crippen LogP contribution in [-0.2, 0) is 0 Å². The zero-order valence-corrected chi connectivity index (χ0v) is 10.8. The maximum Gasteiger partial charge on any atom is 0.228 e. The van der Waals surface area contributed by atoms with Crippen LogP contribution in [0, 0.1) is 0 Å². The summed E-state index contributed by atoms with van der Waals surface area (Å²) in [6.45, 7) is 1.81. The van der Waals surface area contributed by atoms with E-state index in [4.69, 9.17) is 5.73 Å². The number of nitrogens with zero attached hydrogens (tertiary/aromatic N) is 4. The van der Waals surface area contributed by atoms with Crippen LogP contribution in [0.25, 0.3) is 0 Å². The zero-order valence-electron chi connectivity index (χ0n) is 9.24. The van der Waals surface area contributed by atoms with Crippen LogP contribution in [0.2, 0.25) is 0 Å². The van der Waals surface area contributed by atoms with Crippen molar-refractivity contribution in [3.05, 3.63) is 10.7 Å². The second kappa shape index (κ2) is 5.27. The van der Waals surface area contributed by atoms with Crippen molar-refractivity contribution >= 4 is 27.7 Å². The molecule has 6 heteroatoms. The maximum atomic E-state index is 5.63. The molecule has 0 aliphatic rings. The van der Waals surface area contributed by atoms with Gasteiger partial charge in [0.15, 0.2) is 0 Å². The van der Waals surface area contributed by atoms with E-state index in [9.17, 15) is 0 Å². The normalized spacial score (nSPS) is 10.7. The van der Waals surface area contributed by atoms with E-state index in [0.29, 0.717) is 16.4 Å². The van der Waals surface area contributed by atoms with Gasteiger partial charge in [-0.25, -0.2) is 4.98 Å². The number of rotatable bonds is 4. The third-order valence-electron chi connectivity index (χ3n) is 1.93. The molecule has 0 aliphatic carbocycles. The quantitative estimate of drug-likeness (QED) is 0.824. The average molecular weight is 274 g/mol. The molecule has 0 atom stereocenters. The van der Waals surface area contributed by atoms with E-state index in [2.05, 4.69) is 30.8 Å². The van der Waals surface area contributed by atoms with Gasteiger partial charge in [0.2, 0.25) is 5.95 Å². The monoisotopic (exact) mass is 273 g/mol. The molecule has 0 aromatic carbocycles. The first-order chi connectivity index (χ1) is 6.99. The summed E-state index contributed by atoms with van der Waals surface area (Å²) in [4.78, 5) is 12.5. The number of nitrogen functional groups attached to an aromatic ring is 1. The minimum absolute atomic E-state index is 0.476. The molecule has 0 amide bonds. The highest BCUT2D eigenvalue weighted by atomic mass is 79.9. The topological polar surface area (TPSA) is 58.3 Å². The van der Waals surface area contributed by atoms with Crippen LogP contribution in [0.4, 0.5) is 11.8 Å². The molecular weight excluding hydrogens is 258 g/mol. The lowest BCUT2D eigenvalue weighted by atomic mass is 10.5. The number of aromatic nitrogens is 2. The van der Waals surface area contributed by atoms with Gasteiger partial charge in [0.25, 0.3) is 0 Å². The Morgan fingerprint density at radius 3 is 2.47 bits per heavy atom. The second-order valence-electron chi connectivity index (χ2n) is 3.64. The fourth-order valence-electron chi connectivity index (χ4n) is 1.04. The molecule has 5 nitrogen and oxygen atoms in total. The van der Waals surface area contributed by atoms with Crippen molar-refractivity contribution in [2.45, 2.75) is 0 Å². The number of hydrogen-bond donors (Lipinski definition) is 1. The van der Waals surface area contributed by atoms with Crippen molar-refractivity contribution in [2.75, 3.05) is 44.9 Å². The first-order valence-corrected chi connectivity index (χ1v) is 5.44. The highest BCUT2D eigenvalue weighted by molar-refractivity contribution is 9.10. The summed E-state index contributed by atoms with van der Waals surface area (Å²) in [6, 6.07) is 1.68. The largest absolute Gasteiger partial charge is 0.383 e. The molecule has 1 rings (SSSR count). The Kier molecular flexibility index (Phi) is 4.28. The Morgan fingerprint density at radius 2 is 1.93 bits per heavy atom. The molecule has 0 saturated carbocycles. The number of halogens is 1. The number of anilines is 2. The summed E-state index contributed by atoms with van der Waals surface area (Å²) in [5.41, 5.74) is 5.63. The van der Waals surface area contributed by atoms with E-state index in [1.165, 1.54) is 0 Å². The molecule has 0 radical (unpaired) electrons. The van der Waals surface area contributed by atoms with E-state index in [1.54, 1.807) is 6.07 Å². The van der Waals surface area contributed by atoms with Gasteiger partial charge in [0.1, 0.15) is 10.4 Å². The van der Waals surface area contributed by atoms with Gasteiger partial charge in [-0.3, -0.25) is 0 Å². The molecular formula is C9H16BrN5. The second-order valence-corrected chi connectivity index (χ2v) is 4.45. The van der Waals surface area contributed by atoms with Crippen LogP contribution < -0.4 is 10.6 Å². The van der Waals surface area contributed by atoms with E-state index < -0.39 is 0 Å². The highest BCUT2D eigenvalue weighted by Crippen LogP contribution is 2.14. The predicted molar refractivity (Wildman–Crippen MR) is 66.0 cm³/mol. The zero-order chi connectivity index (χ0) is 11.4. The Morgan fingerprint density at radius 1 is 1.27 bits per heavy atom. The lowest BCUT2D eigenvalue weighted by Crippen LogP contribution is -2.29. The van der Waals surface area contributed by atoms with Gasteiger partial charge in [-0.05, 0) is 30.0 Å². The third kappa shape index (κ3) is 4.01. The van der Waals surface area contributed by atoms with Crippen molar-refractivity contribution in [3.63, 3.8) is 0 Å². The molecule has 0 spiro atoms. The first kappa shape index (κ1) is 12.2. The molecule has 15 heavy (non-hydrogen) atoms. The van der Waals surface area contributed by atoms with Crippen molar-refractivity contribution in [1.29, 1.82) is 0 Å². The van der Waals surface area contributed by atoms with Gasteiger partial charge in [-0.1, -0.05) is 0 Å². The smallest absolute Gasteiger partial charge is 0.228 e. The van der Waals surface area contributed by atoms with Gasteiger partial charge >= 0.3 is 0 Å². The molecule has 0 bridgehead atoms. The molecule has 84 valence electrons. The maximum absolute atomic E-state index is 5.63. The summed E-state index contributed by atoms with van der Waals surface area (Å²) in [5, 5.41) is 0. The van der Waals surface area contributed by atoms with Crippen LogP contribution in [0.15, 0.2) is 10.7 Å². The van der Waals surface area contributed by atoms with Crippen LogP contribution in [0.3, 0.4) is 0 Å². The lowest BCUT2D eigenvalue weighted by Gasteiger charge is -2.19. The Labute approximate surface area is 98.4 Å². The standard InChI is InChI=1S/C9H16BrN5/c1-14(2)4-5-15(3)9-12-7(10)6-8(11)13-9/h6H,4-5H2,1-3H3,(H2,11,12,13). The molecule has 0 saturated heterocycles. The Hall–Kier alpha value is -0.880. The molecule has 1 aromatic heterocycles. The van der Waals surface area contributed by atoms with Crippen LogP contribution in [0.5, 0.6) is 0 Å². The van der Waals surface area contributed by atoms with Gasteiger partial charge in [-0.15, -0.1) is 0 Å². The summed E-state index contributed by atoms with van der Waals surface area (Å²) in [6.07, 6.45) is 0. The molecule has 1 heterocycles. The van der Waals surface area contributed by atoms with Crippen LogP contribution in [0.1, 0.15) is 0 Å². The minimum Gasteiger partial charge on any atom is -0.383 e. The van der Waals surface area contributed by atoms with E-state index >= 15 is 0 Å². The van der Waals surface area contributed by atoms with Crippen molar-refractivity contribution < 1.29 is 0 Å². The minimum atomic E-state index is 0.476. The van der Waals surface area contributed by atoms with Crippen molar-refractivity contribution in [2.24, 2.45) is 0 Å². The van der Waals surface area contributed by atoms with Crippen LogP contribution in [-0.4, -0.2) is 49.1 Å². The summed E-state index contributed by atoms with van der Waals surface area (Å²) in [7, 11) is 6.01. The van der Waals surface area contributed by atoms with Gasteiger partial charge < -0.3 is 15.5 Å². The molecule has 0 aliphatic heterocycles. The highest BCUT2D eigenvalue weighted by Gasteiger charge is 2.06. The molecule has 0 unspecified atom stereocenters.